The SMILES string of the molecule is CCCCC(=O)N(Cc1ccc(-c2ccccc2S(=O)(=O)N=CN(C)C)cc1)/C(C(=O)OCC)=C(\N)SC. The highest BCUT2D eigenvalue weighted by Gasteiger charge is 2.28. The third-order valence-corrected chi connectivity index (χ3v) is 7.34. The van der Waals surface area contributed by atoms with E-state index >= 15 is 0 Å². The summed E-state index contributed by atoms with van der Waals surface area (Å²) in [5.74, 6) is -0.885. The van der Waals surface area contributed by atoms with Gasteiger partial charge in [-0.3, -0.25) is 9.69 Å². The first-order chi connectivity index (χ1) is 18.0. The van der Waals surface area contributed by atoms with Gasteiger partial charge in [-0.2, -0.15) is 8.42 Å². The average Bonchev–Trinajstić information content (AvgIpc) is 2.90. The van der Waals surface area contributed by atoms with Gasteiger partial charge in [-0.05, 0) is 36.8 Å². The lowest BCUT2D eigenvalue weighted by Crippen LogP contribution is -2.36. The van der Waals surface area contributed by atoms with Crippen LogP contribution < -0.4 is 5.73 Å². The monoisotopic (exact) mass is 560 g/mol. The van der Waals surface area contributed by atoms with Crippen molar-refractivity contribution in [2.24, 2.45) is 10.1 Å². The molecule has 9 nitrogen and oxygen atoms in total. The number of unbranched alkanes of at least 4 members (excludes halogenated alkanes) is 1. The lowest BCUT2D eigenvalue weighted by Gasteiger charge is -2.26. The Morgan fingerprint density at radius 2 is 1.74 bits per heavy atom. The maximum atomic E-state index is 13.2. The fourth-order valence-corrected chi connectivity index (χ4v) is 5.04. The number of sulfonamides is 1. The molecule has 0 heterocycles. The van der Waals surface area contributed by atoms with E-state index in [1.165, 1.54) is 29.1 Å². The molecule has 0 aliphatic carbocycles. The molecule has 1 amide bonds. The number of benzene rings is 2. The van der Waals surface area contributed by atoms with Gasteiger partial charge < -0.3 is 15.4 Å². The molecule has 0 aliphatic rings. The van der Waals surface area contributed by atoms with Crippen LogP contribution in [0.3, 0.4) is 0 Å². The quantitative estimate of drug-likeness (QED) is 0.167. The molecule has 0 spiro atoms. The van der Waals surface area contributed by atoms with Crippen molar-refractivity contribution in [1.82, 2.24) is 9.80 Å². The third kappa shape index (κ3) is 8.35. The highest BCUT2D eigenvalue weighted by molar-refractivity contribution is 8.02. The normalized spacial score (nSPS) is 12.2. The summed E-state index contributed by atoms with van der Waals surface area (Å²) in [6, 6.07) is 13.8. The number of carbonyl (C=O) groups excluding carboxylic acids is 2. The molecule has 2 N–H and O–H groups in total. The van der Waals surface area contributed by atoms with E-state index in [2.05, 4.69) is 4.40 Å². The number of nitrogens with zero attached hydrogens (tertiary/aromatic N) is 3. The molecule has 0 fully saturated rings. The van der Waals surface area contributed by atoms with Crippen LogP contribution in [0.1, 0.15) is 38.7 Å². The Bertz CT molecular complexity index is 1270. The first-order valence-corrected chi connectivity index (χ1v) is 14.9. The largest absolute Gasteiger partial charge is 0.461 e. The lowest BCUT2D eigenvalue weighted by atomic mass is 10.0. The van der Waals surface area contributed by atoms with Crippen LogP contribution in [0.25, 0.3) is 11.1 Å². The summed E-state index contributed by atoms with van der Waals surface area (Å²) < 4.78 is 34.7. The van der Waals surface area contributed by atoms with Crippen molar-refractivity contribution >= 4 is 40.0 Å². The molecular formula is C27H36N4O5S2. The van der Waals surface area contributed by atoms with Crippen molar-refractivity contribution in [2.75, 3.05) is 27.0 Å². The van der Waals surface area contributed by atoms with Gasteiger partial charge in [-0.15, -0.1) is 16.2 Å². The second-order valence-electron chi connectivity index (χ2n) is 8.57. The predicted octanol–water partition coefficient (Wildman–Crippen LogP) is 4.20. The van der Waals surface area contributed by atoms with Gasteiger partial charge >= 0.3 is 5.97 Å². The van der Waals surface area contributed by atoms with Crippen LogP contribution >= 0.6 is 11.8 Å². The second kappa shape index (κ2) is 14.6. The molecule has 11 heteroatoms. The van der Waals surface area contributed by atoms with Gasteiger partial charge in [-0.1, -0.05) is 55.8 Å². The number of carbonyl (C=O) groups is 2. The molecule has 0 saturated heterocycles. The smallest absolute Gasteiger partial charge is 0.357 e. The number of thioether (sulfide) groups is 1. The van der Waals surface area contributed by atoms with Gasteiger partial charge in [0.25, 0.3) is 10.0 Å². The van der Waals surface area contributed by atoms with Crippen LogP contribution in [0.4, 0.5) is 0 Å². The number of ether oxygens (including phenoxy) is 1. The maximum Gasteiger partial charge on any atom is 0.357 e. The van der Waals surface area contributed by atoms with Crippen LogP contribution in [-0.2, 0) is 30.9 Å². The van der Waals surface area contributed by atoms with Gasteiger partial charge in [0.15, 0.2) is 5.70 Å². The lowest BCUT2D eigenvalue weighted by molar-refractivity contribution is -0.144. The van der Waals surface area contributed by atoms with Crippen molar-refractivity contribution in [3.05, 3.63) is 64.8 Å². The van der Waals surface area contributed by atoms with E-state index in [1.807, 2.05) is 6.92 Å². The Balaban J connectivity index is 2.47. The number of rotatable bonds is 13. The van der Waals surface area contributed by atoms with E-state index in [0.29, 0.717) is 17.5 Å². The minimum Gasteiger partial charge on any atom is -0.461 e. The molecule has 0 atom stereocenters. The van der Waals surface area contributed by atoms with E-state index in [0.717, 1.165) is 12.0 Å². The first-order valence-electron chi connectivity index (χ1n) is 12.2. The number of hydrogen-bond donors (Lipinski definition) is 1. The molecule has 206 valence electrons. The van der Waals surface area contributed by atoms with E-state index < -0.39 is 16.0 Å². The second-order valence-corrected chi connectivity index (χ2v) is 11.0. The molecule has 2 aromatic carbocycles. The highest BCUT2D eigenvalue weighted by Crippen LogP contribution is 2.29. The van der Waals surface area contributed by atoms with Gasteiger partial charge in [-0.25, -0.2) is 4.79 Å². The zero-order chi connectivity index (χ0) is 28.3. The molecular weight excluding hydrogens is 524 g/mol. The van der Waals surface area contributed by atoms with Crippen LogP contribution in [0.5, 0.6) is 0 Å². The van der Waals surface area contributed by atoms with Gasteiger partial charge in [0.2, 0.25) is 5.91 Å². The predicted molar refractivity (Wildman–Crippen MR) is 153 cm³/mol. The summed E-state index contributed by atoms with van der Waals surface area (Å²) in [5.41, 5.74) is 8.08. The molecule has 2 aromatic rings. The van der Waals surface area contributed by atoms with Crippen LogP contribution in [-0.4, -0.2) is 63.4 Å². The van der Waals surface area contributed by atoms with Crippen molar-refractivity contribution < 1.29 is 22.7 Å². The van der Waals surface area contributed by atoms with Crippen LogP contribution in [0, 0.1) is 0 Å². The molecule has 0 saturated carbocycles. The summed E-state index contributed by atoms with van der Waals surface area (Å²) in [4.78, 5) is 29.0. The molecule has 2 rings (SSSR count). The zero-order valence-electron chi connectivity index (χ0n) is 22.5. The molecule has 0 bridgehead atoms. The Kier molecular flexibility index (Phi) is 11.9. The Morgan fingerprint density at radius 1 is 1.08 bits per heavy atom. The molecule has 0 aliphatic heterocycles. The maximum absolute atomic E-state index is 13.2. The standard InChI is InChI=1S/C27H36N4O5S2/c1-6-8-13-24(32)31(25(26(28)37-5)27(33)36-7-2)18-20-14-16-21(17-15-20)22-11-9-10-12-23(22)38(34,35)29-19-30(3)4/h9-12,14-17,19H,6-8,13,18,28H2,1-5H3/b26-25+,29-19?. The number of hydrogen-bond acceptors (Lipinski definition) is 7. The Labute approximate surface area is 229 Å². The average molecular weight is 561 g/mol. The highest BCUT2D eigenvalue weighted by atomic mass is 32.2. The minimum absolute atomic E-state index is 0.0275. The molecule has 0 unspecified atom stereocenters. The Morgan fingerprint density at radius 3 is 2.32 bits per heavy atom. The zero-order valence-corrected chi connectivity index (χ0v) is 24.1. The minimum atomic E-state index is -3.92. The van der Waals surface area contributed by atoms with E-state index in [-0.39, 0.29) is 41.1 Å². The van der Waals surface area contributed by atoms with Crippen LogP contribution in [0.15, 0.2) is 68.6 Å². The van der Waals surface area contributed by atoms with Gasteiger partial charge in [0.05, 0.1) is 23.1 Å². The van der Waals surface area contributed by atoms with Gasteiger partial charge in [0.1, 0.15) is 6.34 Å². The summed E-state index contributed by atoms with van der Waals surface area (Å²) >= 11 is 1.17. The van der Waals surface area contributed by atoms with E-state index in [4.69, 9.17) is 10.5 Å². The number of amides is 1. The van der Waals surface area contributed by atoms with Crippen molar-refractivity contribution in [1.29, 1.82) is 0 Å². The molecule has 38 heavy (non-hydrogen) atoms. The first kappa shape index (κ1) is 30.9. The number of esters is 1. The van der Waals surface area contributed by atoms with Gasteiger partial charge in [0, 0.05) is 26.1 Å². The summed E-state index contributed by atoms with van der Waals surface area (Å²) in [6.07, 6.45) is 4.73. The third-order valence-electron chi connectivity index (χ3n) is 5.42. The fourth-order valence-electron chi connectivity index (χ4n) is 3.51. The fraction of sp³-hybridized carbons (Fsp3) is 0.370. The van der Waals surface area contributed by atoms with E-state index in [1.54, 1.807) is 74.6 Å². The van der Waals surface area contributed by atoms with E-state index in [9.17, 15) is 18.0 Å². The Hall–Kier alpha value is -3.31. The van der Waals surface area contributed by atoms with Crippen molar-refractivity contribution in [2.45, 2.75) is 44.6 Å². The number of nitrogens with two attached hydrogens (primary N) is 1. The van der Waals surface area contributed by atoms with Crippen molar-refractivity contribution in [3.8, 4) is 11.1 Å². The summed E-state index contributed by atoms with van der Waals surface area (Å²) in [7, 11) is -0.541. The van der Waals surface area contributed by atoms with Crippen LogP contribution in [0.2, 0.25) is 0 Å². The topological polar surface area (TPSA) is 122 Å². The summed E-state index contributed by atoms with van der Waals surface area (Å²) in [6.45, 7) is 3.93. The van der Waals surface area contributed by atoms with Crippen molar-refractivity contribution in [3.63, 3.8) is 0 Å². The summed E-state index contributed by atoms with van der Waals surface area (Å²) in [5, 5.41) is 0.197. The molecule has 0 aromatic heterocycles. The molecule has 0 radical (unpaired) electrons.